The van der Waals surface area contributed by atoms with Crippen LogP contribution in [0.3, 0.4) is 0 Å². The predicted molar refractivity (Wildman–Crippen MR) is 104 cm³/mol. The highest BCUT2D eigenvalue weighted by Gasteiger charge is 2.17. The standard InChI is InChI=1S/C20H18N6O2/c1-10-11(2)19(25-8-13(10)7-21)20(27)26-14-4-5-16(22)15(6-14)18(23)17-9-24-12(3)28-17/h4-6,8-9,23H,22H2,1-3H3,(H,26,27). The van der Waals surface area contributed by atoms with Gasteiger partial charge in [-0.05, 0) is 43.2 Å². The van der Waals surface area contributed by atoms with Crippen LogP contribution in [0.5, 0.6) is 0 Å². The van der Waals surface area contributed by atoms with Crippen LogP contribution in [0.1, 0.15) is 44.4 Å². The van der Waals surface area contributed by atoms with Gasteiger partial charge >= 0.3 is 0 Å². The Bertz CT molecular complexity index is 1140. The van der Waals surface area contributed by atoms with Crippen LogP contribution in [-0.2, 0) is 0 Å². The summed E-state index contributed by atoms with van der Waals surface area (Å²) in [4.78, 5) is 20.7. The van der Waals surface area contributed by atoms with Gasteiger partial charge in [-0.2, -0.15) is 5.26 Å². The molecular formula is C20H18N6O2. The molecule has 140 valence electrons. The summed E-state index contributed by atoms with van der Waals surface area (Å²) in [6, 6.07) is 6.89. The molecule has 0 radical (unpaired) electrons. The Morgan fingerprint density at radius 1 is 1.21 bits per heavy atom. The van der Waals surface area contributed by atoms with Gasteiger partial charge in [-0.15, -0.1) is 0 Å². The van der Waals surface area contributed by atoms with E-state index in [2.05, 4.69) is 15.3 Å². The number of anilines is 2. The average Bonchev–Trinajstić information content (AvgIpc) is 3.11. The molecule has 3 aromatic rings. The van der Waals surface area contributed by atoms with Gasteiger partial charge in [0.2, 0.25) is 0 Å². The Morgan fingerprint density at radius 2 is 1.96 bits per heavy atom. The third kappa shape index (κ3) is 3.46. The Hall–Kier alpha value is -3.99. The van der Waals surface area contributed by atoms with Crippen molar-refractivity contribution >= 4 is 23.0 Å². The lowest BCUT2D eigenvalue weighted by Gasteiger charge is -2.12. The maximum atomic E-state index is 12.7. The molecule has 0 unspecified atom stereocenters. The van der Waals surface area contributed by atoms with E-state index in [0.717, 1.165) is 0 Å². The van der Waals surface area contributed by atoms with E-state index in [4.69, 9.17) is 20.8 Å². The average molecular weight is 374 g/mol. The number of nitrogens with zero attached hydrogens (tertiary/aromatic N) is 3. The molecule has 28 heavy (non-hydrogen) atoms. The number of aryl methyl sites for hydroxylation is 1. The predicted octanol–water partition coefficient (Wildman–Crippen LogP) is 3.12. The summed E-state index contributed by atoms with van der Waals surface area (Å²) in [5, 5.41) is 20.1. The molecule has 0 bridgehead atoms. The van der Waals surface area contributed by atoms with Gasteiger partial charge in [0.1, 0.15) is 17.5 Å². The molecule has 4 N–H and O–H groups in total. The summed E-state index contributed by atoms with van der Waals surface area (Å²) in [6.45, 7) is 5.20. The number of pyridine rings is 1. The molecule has 0 aliphatic rings. The van der Waals surface area contributed by atoms with Crippen molar-refractivity contribution in [3.63, 3.8) is 0 Å². The molecule has 0 saturated heterocycles. The Balaban J connectivity index is 1.90. The van der Waals surface area contributed by atoms with Crippen molar-refractivity contribution in [1.82, 2.24) is 9.97 Å². The van der Waals surface area contributed by atoms with E-state index >= 15 is 0 Å². The van der Waals surface area contributed by atoms with Gasteiger partial charge < -0.3 is 15.5 Å². The zero-order valence-corrected chi connectivity index (χ0v) is 15.6. The van der Waals surface area contributed by atoms with Crippen molar-refractivity contribution in [1.29, 1.82) is 10.7 Å². The number of aromatic nitrogens is 2. The van der Waals surface area contributed by atoms with Crippen molar-refractivity contribution in [2.45, 2.75) is 20.8 Å². The lowest BCUT2D eigenvalue weighted by atomic mass is 10.0. The normalized spacial score (nSPS) is 10.4. The lowest BCUT2D eigenvalue weighted by Crippen LogP contribution is -2.17. The first-order valence-electron chi connectivity index (χ1n) is 8.40. The molecule has 0 atom stereocenters. The minimum Gasteiger partial charge on any atom is -0.439 e. The third-order valence-corrected chi connectivity index (χ3v) is 4.43. The zero-order valence-electron chi connectivity index (χ0n) is 15.6. The number of nitrogen functional groups attached to an aromatic ring is 1. The van der Waals surface area contributed by atoms with Crippen LogP contribution in [0, 0.1) is 37.5 Å². The lowest BCUT2D eigenvalue weighted by molar-refractivity contribution is 0.102. The molecule has 8 nitrogen and oxygen atoms in total. The van der Waals surface area contributed by atoms with E-state index < -0.39 is 5.91 Å². The van der Waals surface area contributed by atoms with E-state index in [9.17, 15) is 4.79 Å². The second kappa shape index (κ2) is 7.32. The van der Waals surface area contributed by atoms with E-state index in [1.165, 1.54) is 12.4 Å². The second-order valence-electron chi connectivity index (χ2n) is 6.26. The molecule has 2 aromatic heterocycles. The zero-order chi connectivity index (χ0) is 20.4. The molecule has 1 aromatic carbocycles. The van der Waals surface area contributed by atoms with Gasteiger partial charge in [-0.25, -0.2) is 9.97 Å². The van der Waals surface area contributed by atoms with Gasteiger partial charge in [0, 0.05) is 30.1 Å². The van der Waals surface area contributed by atoms with E-state index in [1.807, 2.05) is 6.07 Å². The van der Waals surface area contributed by atoms with Crippen LogP contribution in [0.25, 0.3) is 0 Å². The topological polar surface area (TPSA) is 142 Å². The van der Waals surface area contributed by atoms with Crippen LogP contribution in [0.15, 0.2) is 35.0 Å². The number of amides is 1. The first kappa shape index (κ1) is 18.8. The highest BCUT2D eigenvalue weighted by Crippen LogP contribution is 2.23. The number of nitrogens with one attached hydrogen (secondary N) is 2. The largest absolute Gasteiger partial charge is 0.439 e. The summed E-state index contributed by atoms with van der Waals surface area (Å²) < 4.78 is 5.38. The maximum Gasteiger partial charge on any atom is 0.274 e. The van der Waals surface area contributed by atoms with Crippen molar-refractivity contribution in [3.8, 4) is 6.07 Å². The molecule has 0 fully saturated rings. The number of nitrogens with two attached hydrogens (primary N) is 1. The molecular weight excluding hydrogens is 356 g/mol. The van der Waals surface area contributed by atoms with E-state index in [0.29, 0.717) is 39.5 Å². The molecule has 0 aliphatic heterocycles. The number of carbonyl (C=O) groups excluding carboxylic acids is 1. The molecule has 0 aliphatic carbocycles. The van der Waals surface area contributed by atoms with Crippen molar-refractivity contribution in [2.75, 3.05) is 11.1 Å². The molecule has 1 amide bonds. The summed E-state index contributed by atoms with van der Waals surface area (Å²) in [5.41, 5.74) is 9.32. The summed E-state index contributed by atoms with van der Waals surface area (Å²) in [5.74, 6) is 0.316. The van der Waals surface area contributed by atoms with Crippen LogP contribution >= 0.6 is 0 Å². The van der Waals surface area contributed by atoms with Crippen LogP contribution in [0.2, 0.25) is 0 Å². The molecule has 0 saturated carbocycles. The first-order valence-corrected chi connectivity index (χ1v) is 8.40. The van der Waals surface area contributed by atoms with Crippen molar-refractivity contribution in [3.05, 3.63) is 70.2 Å². The second-order valence-corrected chi connectivity index (χ2v) is 6.26. The number of rotatable bonds is 4. The quantitative estimate of drug-likeness (QED) is 0.473. The minimum atomic E-state index is -0.414. The van der Waals surface area contributed by atoms with Gasteiger partial charge in [-0.1, -0.05) is 0 Å². The smallest absolute Gasteiger partial charge is 0.274 e. The molecule has 0 spiro atoms. The Labute approximate surface area is 161 Å². The van der Waals surface area contributed by atoms with Gasteiger partial charge in [0.25, 0.3) is 5.91 Å². The van der Waals surface area contributed by atoms with Crippen LogP contribution in [-0.4, -0.2) is 21.6 Å². The van der Waals surface area contributed by atoms with E-state index in [-0.39, 0.29) is 17.2 Å². The van der Waals surface area contributed by atoms with Gasteiger partial charge in [0.15, 0.2) is 11.7 Å². The third-order valence-electron chi connectivity index (χ3n) is 4.43. The number of carbonyl (C=O) groups is 1. The van der Waals surface area contributed by atoms with Gasteiger partial charge in [-0.3, -0.25) is 10.2 Å². The summed E-state index contributed by atoms with van der Waals surface area (Å²) >= 11 is 0. The fraction of sp³-hybridized carbons (Fsp3) is 0.150. The van der Waals surface area contributed by atoms with Crippen molar-refractivity contribution < 1.29 is 9.21 Å². The Morgan fingerprint density at radius 3 is 2.61 bits per heavy atom. The number of benzene rings is 1. The number of hydrogen-bond donors (Lipinski definition) is 3. The van der Waals surface area contributed by atoms with Gasteiger partial charge in [0.05, 0.1) is 11.8 Å². The van der Waals surface area contributed by atoms with Crippen molar-refractivity contribution in [2.24, 2.45) is 0 Å². The fourth-order valence-electron chi connectivity index (χ4n) is 2.69. The maximum absolute atomic E-state index is 12.7. The number of hydrogen-bond acceptors (Lipinski definition) is 7. The van der Waals surface area contributed by atoms with E-state index in [1.54, 1.807) is 39.0 Å². The molecule has 2 heterocycles. The van der Waals surface area contributed by atoms with Crippen LogP contribution in [0.4, 0.5) is 11.4 Å². The first-order chi connectivity index (χ1) is 13.3. The number of oxazole rings is 1. The summed E-state index contributed by atoms with van der Waals surface area (Å²) in [7, 11) is 0. The minimum absolute atomic E-state index is 0.0673. The van der Waals surface area contributed by atoms with Crippen LogP contribution < -0.4 is 11.1 Å². The number of nitriles is 1. The Kier molecular flexibility index (Phi) is 4.92. The molecule has 3 rings (SSSR count). The molecule has 8 heteroatoms. The SMILES string of the molecule is Cc1ncc(C(=N)c2cc(NC(=O)c3ncc(C#N)c(C)c3C)ccc2N)o1. The fourth-order valence-corrected chi connectivity index (χ4v) is 2.69. The highest BCUT2D eigenvalue weighted by molar-refractivity contribution is 6.13. The highest BCUT2D eigenvalue weighted by atomic mass is 16.4. The monoisotopic (exact) mass is 374 g/mol. The summed E-state index contributed by atoms with van der Waals surface area (Å²) in [6.07, 6.45) is 2.84.